The second kappa shape index (κ2) is 7.08. The zero-order valence-electron chi connectivity index (χ0n) is 14.5. The molecular formula is C20H18F3NO3. The minimum absolute atomic E-state index is 0.196. The molecule has 0 saturated heterocycles. The molecule has 3 rings (SSSR count). The number of aliphatic carboxylic acids is 1. The van der Waals surface area contributed by atoms with Gasteiger partial charge >= 0.3 is 12.1 Å². The van der Waals surface area contributed by atoms with Crippen LogP contribution in [0.3, 0.4) is 0 Å². The molecule has 0 aliphatic carbocycles. The maximum absolute atomic E-state index is 13.9. The standard InChI is InChI=1S/C20H18F3NO3/c1-2-27-19(18(25)26,20(21,22)23)16-13-24(12-14-8-4-3-5-9-14)17-11-7-6-10-15(16)17/h3-11,13H,2,12H2,1H3,(H,25,26). The molecule has 0 fully saturated rings. The number of para-hydroxylation sites is 1. The maximum Gasteiger partial charge on any atom is 0.432 e. The van der Waals surface area contributed by atoms with Crippen LogP contribution in [0.25, 0.3) is 10.9 Å². The molecule has 2 aromatic carbocycles. The van der Waals surface area contributed by atoms with E-state index in [4.69, 9.17) is 4.74 Å². The van der Waals surface area contributed by atoms with E-state index in [1.807, 2.05) is 30.3 Å². The Morgan fingerprint density at radius 1 is 1.07 bits per heavy atom. The predicted molar refractivity (Wildman–Crippen MR) is 94.5 cm³/mol. The summed E-state index contributed by atoms with van der Waals surface area (Å²) in [4.78, 5) is 11.8. The number of hydrogen-bond donors (Lipinski definition) is 1. The molecular weight excluding hydrogens is 359 g/mol. The lowest BCUT2D eigenvalue weighted by molar-refractivity contribution is -0.279. The largest absolute Gasteiger partial charge is 0.479 e. The summed E-state index contributed by atoms with van der Waals surface area (Å²) in [6.07, 6.45) is -3.90. The lowest BCUT2D eigenvalue weighted by atomic mass is 9.92. The number of hydrogen-bond acceptors (Lipinski definition) is 2. The van der Waals surface area contributed by atoms with Crippen LogP contribution in [0.1, 0.15) is 18.1 Å². The lowest BCUT2D eigenvalue weighted by Crippen LogP contribution is -2.51. The van der Waals surface area contributed by atoms with Gasteiger partial charge in [-0.1, -0.05) is 48.5 Å². The second-order valence-electron chi connectivity index (χ2n) is 6.09. The van der Waals surface area contributed by atoms with Gasteiger partial charge in [0, 0.05) is 35.8 Å². The first kappa shape index (κ1) is 19.0. The smallest absolute Gasteiger partial charge is 0.432 e. The van der Waals surface area contributed by atoms with Crippen molar-refractivity contribution in [2.45, 2.75) is 25.2 Å². The van der Waals surface area contributed by atoms with Gasteiger partial charge in [0.05, 0.1) is 0 Å². The Morgan fingerprint density at radius 3 is 2.30 bits per heavy atom. The molecule has 1 N–H and O–H groups in total. The van der Waals surface area contributed by atoms with Crippen LogP contribution in [-0.4, -0.2) is 28.4 Å². The van der Waals surface area contributed by atoms with Gasteiger partial charge in [-0.15, -0.1) is 0 Å². The van der Waals surface area contributed by atoms with Crippen molar-refractivity contribution in [3.63, 3.8) is 0 Å². The molecule has 1 heterocycles. The van der Waals surface area contributed by atoms with Gasteiger partial charge in [-0.2, -0.15) is 13.2 Å². The Hall–Kier alpha value is -2.80. The first-order chi connectivity index (χ1) is 12.8. The highest BCUT2D eigenvalue weighted by molar-refractivity contribution is 5.92. The van der Waals surface area contributed by atoms with Crippen LogP contribution >= 0.6 is 0 Å². The number of carbonyl (C=O) groups is 1. The van der Waals surface area contributed by atoms with Crippen LogP contribution in [0.4, 0.5) is 13.2 Å². The molecule has 3 aromatic rings. The second-order valence-corrected chi connectivity index (χ2v) is 6.09. The number of halogens is 3. The highest BCUT2D eigenvalue weighted by atomic mass is 19.4. The average molecular weight is 377 g/mol. The molecule has 0 bridgehead atoms. The van der Waals surface area contributed by atoms with E-state index in [1.165, 1.54) is 19.2 Å². The number of alkyl halides is 3. The van der Waals surface area contributed by atoms with Gasteiger partial charge < -0.3 is 14.4 Å². The summed E-state index contributed by atoms with van der Waals surface area (Å²) in [6.45, 7) is 1.25. The monoisotopic (exact) mass is 377 g/mol. The van der Waals surface area contributed by atoms with Crippen molar-refractivity contribution in [1.29, 1.82) is 0 Å². The van der Waals surface area contributed by atoms with Crippen molar-refractivity contribution in [2.24, 2.45) is 0 Å². The number of fused-ring (bicyclic) bond motifs is 1. The Bertz CT molecular complexity index is 950. The van der Waals surface area contributed by atoms with E-state index < -0.39 is 29.9 Å². The molecule has 4 nitrogen and oxygen atoms in total. The third kappa shape index (κ3) is 3.19. The molecule has 1 unspecified atom stereocenters. The minimum Gasteiger partial charge on any atom is -0.479 e. The summed E-state index contributed by atoms with van der Waals surface area (Å²) < 4.78 is 48.3. The van der Waals surface area contributed by atoms with Gasteiger partial charge in [-0.05, 0) is 18.6 Å². The van der Waals surface area contributed by atoms with Gasteiger partial charge in [0.1, 0.15) is 0 Å². The van der Waals surface area contributed by atoms with E-state index in [1.54, 1.807) is 22.8 Å². The van der Waals surface area contributed by atoms with E-state index in [-0.39, 0.29) is 5.39 Å². The number of carboxylic acid groups (broad SMARTS) is 1. The molecule has 0 aliphatic heterocycles. The van der Waals surface area contributed by atoms with Gasteiger partial charge in [0.25, 0.3) is 5.60 Å². The van der Waals surface area contributed by atoms with Gasteiger partial charge in [0.2, 0.25) is 0 Å². The van der Waals surface area contributed by atoms with Crippen LogP contribution < -0.4 is 0 Å². The van der Waals surface area contributed by atoms with Crippen LogP contribution in [-0.2, 0) is 21.7 Å². The fourth-order valence-corrected chi connectivity index (χ4v) is 3.27. The van der Waals surface area contributed by atoms with Crippen LogP contribution in [0.2, 0.25) is 0 Å². The number of ether oxygens (including phenoxy) is 1. The molecule has 0 spiro atoms. The zero-order chi connectivity index (χ0) is 19.7. The Kier molecular flexibility index (Phi) is 4.97. The SMILES string of the molecule is CCOC(C(=O)O)(c1cn(Cc2ccccc2)c2ccccc12)C(F)(F)F. The predicted octanol–water partition coefficient (Wildman–Crippen LogP) is 4.57. The molecule has 7 heteroatoms. The summed E-state index contributed by atoms with van der Waals surface area (Å²) in [5.41, 5.74) is -2.46. The number of benzene rings is 2. The highest BCUT2D eigenvalue weighted by Crippen LogP contribution is 2.45. The molecule has 0 saturated carbocycles. The quantitative estimate of drug-likeness (QED) is 0.685. The third-order valence-corrected chi connectivity index (χ3v) is 4.42. The van der Waals surface area contributed by atoms with Crippen LogP contribution in [0.5, 0.6) is 0 Å². The third-order valence-electron chi connectivity index (χ3n) is 4.42. The molecule has 142 valence electrons. The Balaban J connectivity index is 2.26. The summed E-state index contributed by atoms with van der Waals surface area (Å²) in [5, 5.41) is 9.74. The zero-order valence-corrected chi connectivity index (χ0v) is 14.5. The molecule has 27 heavy (non-hydrogen) atoms. The van der Waals surface area contributed by atoms with Gasteiger partial charge in [-0.3, -0.25) is 0 Å². The maximum atomic E-state index is 13.9. The van der Waals surface area contributed by atoms with Crippen molar-refractivity contribution >= 4 is 16.9 Å². The van der Waals surface area contributed by atoms with E-state index in [2.05, 4.69) is 0 Å². The average Bonchev–Trinajstić information content (AvgIpc) is 2.98. The van der Waals surface area contributed by atoms with E-state index in [0.29, 0.717) is 12.1 Å². The molecule has 1 atom stereocenters. The summed E-state index contributed by atoms with van der Waals surface area (Å²) in [6, 6.07) is 15.6. The lowest BCUT2D eigenvalue weighted by Gasteiger charge is -2.31. The van der Waals surface area contributed by atoms with Crippen molar-refractivity contribution in [3.05, 3.63) is 71.9 Å². The summed E-state index contributed by atoms with van der Waals surface area (Å²) in [7, 11) is 0. The number of carboxylic acids is 1. The molecule has 0 amide bonds. The van der Waals surface area contributed by atoms with Gasteiger partial charge in [-0.25, -0.2) is 4.79 Å². The van der Waals surface area contributed by atoms with Crippen molar-refractivity contribution < 1.29 is 27.8 Å². The Morgan fingerprint density at radius 2 is 1.70 bits per heavy atom. The topological polar surface area (TPSA) is 51.5 Å². The van der Waals surface area contributed by atoms with Crippen molar-refractivity contribution in [1.82, 2.24) is 4.57 Å². The summed E-state index contributed by atoms with van der Waals surface area (Å²) >= 11 is 0. The number of aromatic nitrogens is 1. The van der Waals surface area contributed by atoms with Crippen LogP contribution in [0, 0.1) is 0 Å². The minimum atomic E-state index is -5.13. The van der Waals surface area contributed by atoms with Crippen molar-refractivity contribution in [2.75, 3.05) is 6.61 Å². The van der Waals surface area contributed by atoms with Gasteiger partial charge in [0.15, 0.2) is 0 Å². The van der Waals surface area contributed by atoms with E-state index in [0.717, 1.165) is 5.56 Å². The fraction of sp³-hybridized carbons (Fsp3) is 0.250. The first-order valence-electron chi connectivity index (χ1n) is 8.37. The Labute approximate surface area is 153 Å². The van der Waals surface area contributed by atoms with Crippen LogP contribution in [0.15, 0.2) is 60.8 Å². The molecule has 0 radical (unpaired) electrons. The number of rotatable bonds is 6. The molecule has 1 aromatic heterocycles. The van der Waals surface area contributed by atoms with Crippen molar-refractivity contribution in [3.8, 4) is 0 Å². The first-order valence-corrected chi connectivity index (χ1v) is 8.37. The molecule has 0 aliphatic rings. The van der Waals surface area contributed by atoms with E-state index >= 15 is 0 Å². The number of nitrogens with zero attached hydrogens (tertiary/aromatic N) is 1. The normalized spacial score (nSPS) is 14.2. The highest BCUT2D eigenvalue weighted by Gasteiger charge is 2.64. The fourth-order valence-electron chi connectivity index (χ4n) is 3.27. The van der Waals surface area contributed by atoms with E-state index in [9.17, 15) is 23.1 Å². The summed E-state index contributed by atoms with van der Waals surface area (Å²) in [5.74, 6) is -2.08.